The van der Waals surface area contributed by atoms with Gasteiger partial charge in [0.15, 0.2) is 6.61 Å². The van der Waals surface area contributed by atoms with Crippen molar-refractivity contribution in [3.05, 3.63) is 52.5 Å². The number of hydrogen-bond donors (Lipinski definition) is 1. The Bertz CT molecular complexity index is 938. The zero-order valence-corrected chi connectivity index (χ0v) is 15.7. The van der Waals surface area contributed by atoms with Gasteiger partial charge in [-0.15, -0.1) is 11.8 Å². The van der Waals surface area contributed by atoms with Gasteiger partial charge in [-0.2, -0.15) is 0 Å². The van der Waals surface area contributed by atoms with E-state index >= 15 is 0 Å². The van der Waals surface area contributed by atoms with Gasteiger partial charge < -0.3 is 14.2 Å². The Labute approximate surface area is 155 Å². The summed E-state index contributed by atoms with van der Waals surface area (Å²) in [4.78, 5) is 27.6. The minimum atomic E-state index is -0.410. The molecule has 0 unspecified atom stereocenters. The number of thioether (sulfide) groups is 1. The fourth-order valence-electron chi connectivity index (χ4n) is 2.84. The van der Waals surface area contributed by atoms with Crippen LogP contribution < -0.4 is 0 Å². The Morgan fingerprint density at radius 1 is 1.23 bits per heavy atom. The van der Waals surface area contributed by atoms with E-state index in [1.165, 1.54) is 11.8 Å². The number of para-hydroxylation sites is 1. The number of carbonyl (C=O) groups excluding carboxylic acids is 2. The SMILES string of the molecule is Cc1noc(C)c1CSCC(=O)OCC(=O)c1c(C)[nH]c2ccccc12. The topological polar surface area (TPSA) is 85.2 Å². The molecule has 1 aromatic carbocycles. The highest BCUT2D eigenvalue weighted by molar-refractivity contribution is 7.99. The van der Waals surface area contributed by atoms with Gasteiger partial charge in [0.05, 0.1) is 11.4 Å². The van der Waals surface area contributed by atoms with Crippen molar-refractivity contribution in [3.8, 4) is 0 Å². The van der Waals surface area contributed by atoms with Gasteiger partial charge in [0.25, 0.3) is 0 Å². The molecule has 0 saturated heterocycles. The van der Waals surface area contributed by atoms with Crippen LogP contribution in [0.4, 0.5) is 0 Å². The molecular weight excluding hydrogens is 352 g/mol. The molecule has 0 fully saturated rings. The zero-order valence-electron chi connectivity index (χ0n) is 14.9. The molecule has 0 saturated carbocycles. The zero-order chi connectivity index (χ0) is 18.7. The smallest absolute Gasteiger partial charge is 0.316 e. The lowest BCUT2D eigenvalue weighted by molar-refractivity contribution is -0.139. The predicted molar refractivity (Wildman–Crippen MR) is 100 cm³/mol. The summed E-state index contributed by atoms with van der Waals surface area (Å²) >= 11 is 1.41. The van der Waals surface area contributed by atoms with Crippen molar-refractivity contribution < 1.29 is 18.8 Å². The molecular formula is C19H20N2O4S. The highest BCUT2D eigenvalue weighted by Gasteiger charge is 2.17. The van der Waals surface area contributed by atoms with E-state index in [0.29, 0.717) is 11.3 Å². The number of hydrogen-bond acceptors (Lipinski definition) is 6. The molecule has 26 heavy (non-hydrogen) atoms. The molecule has 2 heterocycles. The van der Waals surface area contributed by atoms with Crippen LogP contribution >= 0.6 is 11.8 Å². The van der Waals surface area contributed by atoms with Crippen LogP contribution in [0.5, 0.6) is 0 Å². The van der Waals surface area contributed by atoms with E-state index in [2.05, 4.69) is 10.1 Å². The predicted octanol–water partition coefficient (Wildman–Crippen LogP) is 3.74. The van der Waals surface area contributed by atoms with E-state index in [-0.39, 0.29) is 18.1 Å². The number of ketones is 1. The molecule has 0 amide bonds. The molecule has 3 rings (SSSR count). The molecule has 0 bridgehead atoms. The van der Waals surface area contributed by atoms with Crippen LogP contribution in [0.1, 0.15) is 33.1 Å². The minimum absolute atomic E-state index is 0.171. The third-order valence-corrected chi connectivity index (χ3v) is 5.12. The highest BCUT2D eigenvalue weighted by atomic mass is 32.2. The number of carbonyl (C=O) groups is 2. The molecule has 0 spiro atoms. The molecule has 6 nitrogen and oxygen atoms in total. The summed E-state index contributed by atoms with van der Waals surface area (Å²) < 4.78 is 10.2. The summed E-state index contributed by atoms with van der Waals surface area (Å²) in [5.74, 6) is 0.931. The second kappa shape index (κ2) is 7.78. The van der Waals surface area contributed by atoms with E-state index in [0.717, 1.165) is 33.6 Å². The molecule has 2 aromatic heterocycles. The summed E-state index contributed by atoms with van der Waals surface area (Å²) in [7, 11) is 0. The van der Waals surface area contributed by atoms with E-state index < -0.39 is 5.97 Å². The van der Waals surface area contributed by atoms with Crippen molar-refractivity contribution in [2.24, 2.45) is 0 Å². The third-order valence-electron chi connectivity index (χ3n) is 4.18. The molecule has 3 aromatic rings. The Morgan fingerprint density at radius 3 is 2.73 bits per heavy atom. The van der Waals surface area contributed by atoms with Crippen LogP contribution in [-0.4, -0.2) is 34.3 Å². The molecule has 0 aliphatic carbocycles. The van der Waals surface area contributed by atoms with Crippen LogP contribution in [0, 0.1) is 20.8 Å². The van der Waals surface area contributed by atoms with Crippen molar-refractivity contribution in [1.29, 1.82) is 0 Å². The van der Waals surface area contributed by atoms with Gasteiger partial charge in [-0.25, -0.2) is 0 Å². The Kier molecular flexibility index (Phi) is 5.46. The first-order chi connectivity index (χ1) is 12.5. The Morgan fingerprint density at radius 2 is 2.00 bits per heavy atom. The molecule has 136 valence electrons. The number of benzene rings is 1. The highest BCUT2D eigenvalue weighted by Crippen LogP contribution is 2.23. The number of nitrogens with one attached hydrogen (secondary N) is 1. The van der Waals surface area contributed by atoms with Crippen molar-refractivity contribution >= 4 is 34.4 Å². The maximum Gasteiger partial charge on any atom is 0.316 e. The van der Waals surface area contributed by atoms with Crippen molar-refractivity contribution in [2.75, 3.05) is 12.4 Å². The fraction of sp³-hybridized carbons (Fsp3) is 0.316. The van der Waals surface area contributed by atoms with Crippen molar-refractivity contribution in [1.82, 2.24) is 10.1 Å². The first kappa shape index (κ1) is 18.3. The van der Waals surface area contributed by atoms with Crippen LogP contribution in [-0.2, 0) is 15.3 Å². The average Bonchev–Trinajstić information content (AvgIpc) is 3.12. The molecule has 0 aliphatic rings. The summed E-state index contributed by atoms with van der Waals surface area (Å²) in [6.07, 6.45) is 0. The van der Waals surface area contributed by atoms with Crippen LogP contribution in [0.15, 0.2) is 28.8 Å². The number of aromatic nitrogens is 2. The number of fused-ring (bicyclic) bond motifs is 1. The fourth-order valence-corrected chi connectivity index (χ4v) is 3.81. The number of aromatic amines is 1. The Hall–Kier alpha value is -2.54. The van der Waals surface area contributed by atoms with Crippen molar-refractivity contribution in [2.45, 2.75) is 26.5 Å². The summed E-state index contributed by atoms with van der Waals surface area (Å²) in [6, 6.07) is 7.58. The molecule has 0 atom stereocenters. The number of H-pyrrole nitrogens is 1. The van der Waals surface area contributed by atoms with Gasteiger partial charge in [0, 0.05) is 33.5 Å². The lowest BCUT2D eigenvalue weighted by atomic mass is 10.1. The van der Waals surface area contributed by atoms with Gasteiger partial charge in [0.1, 0.15) is 5.76 Å². The second-order valence-corrected chi connectivity index (χ2v) is 7.04. The second-order valence-electron chi connectivity index (χ2n) is 6.05. The maximum atomic E-state index is 12.5. The summed E-state index contributed by atoms with van der Waals surface area (Å²) in [5, 5.41) is 4.73. The van der Waals surface area contributed by atoms with Gasteiger partial charge in [-0.1, -0.05) is 23.4 Å². The largest absolute Gasteiger partial charge is 0.457 e. The lowest BCUT2D eigenvalue weighted by Gasteiger charge is -2.05. The first-order valence-electron chi connectivity index (χ1n) is 8.23. The molecule has 1 N–H and O–H groups in total. The quantitative estimate of drug-likeness (QED) is 0.502. The van der Waals surface area contributed by atoms with E-state index in [1.807, 2.05) is 45.0 Å². The van der Waals surface area contributed by atoms with Gasteiger partial charge >= 0.3 is 5.97 Å². The maximum absolute atomic E-state index is 12.5. The number of aryl methyl sites for hydroxylation is 3. The van der Waals surface area contributed by atoms with E-state index in [4.69, 9.17) is 9.26 Å². The van der Waals surface area contributed by atoms with Gasteiger partial charge in [-0.3, -0.25) is 9.59 Å². The summed E-state index contributed by atoms with van der Waals surface area (Å²) in [5.41, 5.74) is 4.08. The monoisotopic (exact) mass is 372 g/mol. The van der Waals surface area contributed by atoms with Gasteiger partial charge in [0.2, 0.25) is 5.78 Å². The van der Waals surface area contributed by atoms with Crippen LogP contribution in [0.25, 0.3) is 10.9 Å². The van der Waals surface area contributed by atoms with Crippen LogP contribution in [0.2, 0.25) is 0 Å². The molecule has 7 heteroatoms. The average molecular weight is 372 g/mol. The molecule has 0 aliphatic heterocycles. The van der Waals surface area contributed by atoms with Crippen molar-refractivity contribution in [3.63, 3.8) is 0 Å². The first-order valence-corrected chi connectivity index (χ1v) is 9.38. The lowest BCUT2D eigenvalue weighted by Crippen LogP contribution is -2.16. The number of esters is 1. The number of Topliss-reactive ketones (excluding diaryl/α,β-unsaturated/α-hetero) is 1. The minimum Gasteiger partial charge on any atom is -0.457 e. The Balaban J connectivity index is 1.52. The summed E-state index contributed by atoms with van der Waals surface area (Å²) in [6.45, 7) is 5.30. The van der Waals surface area contributed by atoms with Crippen LogP contribution in [0.3, 0.4) is 0 Å². The third kappa shape index (κ3) is 3.83. The number of rotatable bonds is 7. The standard InChI is InChI=1S/C19H20N2O4S/c1-11-15(13(3)25-21-11)9-26-10-18(23)24-8-17(22)19-12(2)20-16-7-5-4-6-14(16)19/h4-7,20H,8-10H2,1-3H3. The number of nitrogens with zero attached hydrogens (tertiary/aromatic N) is 1. The molecule has 0 radical (unpaired) electrons. The van der Waals surface area contributed by atoms with E-state index in [9.17, 15) is 9.59 Å². The van der Waals surface area contributed by atoms with Gasteiger partial charge in [-0.05, 0) is 26.8 Å². The normalized spacial score (nSPS) is 11.0. The number of ether oxygens (including phenoxy) is 1. The van der Waals surface area contributed by atoms with E-state index in [1.54, 1.807) is 0 Å².